The second-order valence-corrected chi connectivity index (χ2v) is 5.54. The van der Waals surface area contributed by atoms with E-state index in [0.29, 0.717) is 0 Å². The summed E-state index contributed by atoms with van der Waals surface area (Å²) in [5, 5.41) is 16.1. The van der Waals surface area contributed by atoms with Crippen molar-refractivity contribution in [1.82, 2.24) is 25.5 Å². The van der Waals surface area contributed by atoms with Crippen molar-refractivity contribution >= 4 is 23.4 Å². The predicted molar refractivity (Wildman–Crippen MR) is 76.4 cm³/mol. The van der Waals surface area contributed by atoms with Gasteiger partial charge in [0, 0.05) is 18.5 Å². The summed E-state index contributed by atoms with van der Waals surface area (Å²) < 4.78 is 1.62. The normalized spacial score (nSPS) is 10.9. The van der Waals surface area contributed by atoms with Gasteiger partial charge in [-0.3, -0.25) is 0 Å². The number of aryl methyl sites for hydroxylation is 1. The van der Waals surface area contributed by atoms with Crippen LogP contribution >= 0.6 is 23.4 Å². The first-order valence-corrected chi connectivity index (χ1v) is 7.29. The zero-order valence-electron chi connectivity index (χ0n) is 10.9. The Bertz CT molecular complexity index is 543. The monoisotopic (exact) mass is 297 g/mol. The predicted octanol–water partition coefficient (Wildman–Crippen LogP) is 2.51. The molecule has 0 atom stereocenters. The molecule has 0 aliphatic heterocycles. The van der Waals surface area contributed by atoms with Crippen LogP contribution in [0.2, 0.25) is 5.02 Å². The van der Waals surface area contributed by atoms with E-state index in [0.717, 1.165) is 34.6 Å². The number of halogens is 1. The van der Waals surface area contributed by atoms with Crippen LogP contribution in [0.1, 0.15) is 18.9 Å². The number of benzene rings is 1. The van der Waals surface area contributed by atoms with Crippen LogP contribution in [0.3, 0.4) is 0 Å². The third-order valence-corrected chi connectivity index (χ3v) is 4.06. The van der Waals surface area contributed by atoms with Crippen LogP contribution < -0.4 is 5.32 Å². The Morgan fingerprint density at radius 1 is 1.42 bits per heavy atom. The van der Waals surface area contributed by atoms with Crippen LogP contribution in [0.15, 0.2) is 28.3 Å². The van der Waals surface area contributed by atoms with Crippen molar-refractivity contribution in [3.63, 3.8) is 0 Å². The summed E-state index contributed by atoms with van der Waals surface area (Å²) >= 11 is 7.74. The average molecular weight is 298 g/mol. The third-order valence-electron chi connectivity index (χ3n) is 2.53. The standard InChI is InChI=1S/C12H16ClN5S/c1-3-6-14-8-9-4-5-11(10(13)7-9)19-12-15-16-17-18(12)2/h4-5,7,14H,3,6,8H2,1-2H3. The van der Waals surface area contributed by atoms with Gasteiger partial charge in [-0.1, -0.05) is 24.6 Å². The van der Waals surface area contributed by atoms with E-state index < -0.39 is 0 Å². The van der Waals surface area contributed by atoms with Gasteiger partial charge in [-0.25, -0.2) is 4.68 Å². The van der Waals surface area contributed by atoms with Crippen LogP contribution in [0.4, 0.5) is 0 Å². The van der Waals surface area contributed by atoms with Crippen molar-refractivity contribution in [2.45, 2.75) is 29.9 Å². The lowest BCUT2D eigenvalue weighted by Gasteiger charge is -2.07. The molecule has 0 saturated heterocycles. The van der Waals surface area contributed by atoms with Gasteiger partial charge >= 0.3 is 0 Å². The zero-order chi connectivity index (χ0) is 13.7. The molecule has 2 aromatic rings. The van der Waals surface area contributed by atoms with E-state index in [4.69, 9.17) is 11.6 Å². The highest BCUT2D eigenvalue weighted by atomic mass is 35.5. The molecule has 1 heterocycles. The minimum atomic E-state index is 0.721. The van der Waals surface area contributed by atoms with Gasteiger partial charge in [-0.15, -0.1) is 5.10 Å². The molecule has 0 amide bonds. The number of hydrogen-bond acceptors (Lipinski definition) is 5. The van der Waals surface area contributed by atoms with E-state index in [1.165, 1.54) is 17.3 Å². The zero-order valence-corrected chi connectivity index (χ0v) is 12.5. The molecule has 1 aromatic heterocycles. The highest BCUT2D eigenvalue weighted by molar-refractivity contribution is 7.99. The summed E-state index contributed by atoms with van der Waals surface area (Å²) in [7, 11) is 1.80. The molecule has 2 rings (SSSR count). The van der Waals surface area contributed by atoms with Gasteiger partial charge in [0.1, 0.15) is 0 Å². The largest absolute Gasteiger partial charge is 0.313 e. The Balaban J connectivity index is 2.05. The first kappa shape index (κ1) is 14.3. The molecule has 1 aromatic carbocycles. The van der Waals surface area contributed by atoms with E-state index in [9.17, 15) is 0 Å². The lowest BCUT2D eigenvalue weighted by atomic mass is 10.2. The first-order valence-electron chi connectivity index (χ1n) is 6.10. The van der Waals surface area contributed by atoms with E-state index in [-0.39, 0.29) is 0 Å². The molecule has 0 fully saturated rings. The minimum absolute atomic E-state index is 0.721. The Labute approximate surface area is 121 Å². The van der Waals surface area contributed by atoms with Gasteiger partial charge in [0.05, 0.1) is 5.02 Å². The van der Waals surface area contributed by atoms with Crippen LogP contribution in [0.25, 0.3) is 0 Å². The summed E-state index contributed by atoms with van der Waals surface area (Å²) in [6, 6.07) is 6.06. The van der Waals surface area contributed by atoms with Gasteiger partial charge in [-0.05, 0) is 52.9 Å². The highest BCUT2D eigenvalue weighted by Gasteiger charge is 2.08. The third kappa shape index (κ3) is 3.92. The molecule has 102 valence electrons. The second kappa shape index (κ2) is 6.88. The smallest absolute Gasteiger partial charge is 0.213 e. The molecule has 0 unspecified atom stereocenters. The maximum Gasteiger partial charge on any atom is 0.213 e. The fraction of sp³-hybridized carbons (Fsp3) is 0.417. The molecule has 0 saturated carbocycles. The van der Waals surface area contributed by atoms with Crippen LogP contribution in [0, 0.1) is 0 Å². The van der Waals surface area contributed by atoms with Gasteiger partial charge < -0.3 is 5.32 Å². The van der Waals surface area contributed by atoms with Crippen molar-refractivity contribution < 1.29 is 0 Å². The van der Waals surface area contributed by atoms with E-state index in [1.807, 2.05) is 12.1 Å². The van der Waals surface area contributed by atoms with Crippen molar-refractivity contribution in [3.8, 4) is 0 Å². The first-order chi connectivity index (χ1) is 9.20. The Hall–Kier alpha value is -1.11. The molecule has 19 heavy (non-hydrogen) atoms. The van der Waals surface area contributed by atoms with E-state index >= 15 is 0 Å². The van der Waals surface area contributed by atoms with Crippen molar-refractivity contribution in [1.29, 1.82) is 0 Å². The molecule has 5 nitrogen and oxygen atoms in total. The highest BCUT2D eigenvalue weighted by Crippen LogP contribution is 2.32. The second-order valence-electron chi connectivity index (χ2n) is 4.13. The number of nitrogens with zero attached hydrogens (tertiary/aromatic N) is 4. The van der Waals surface area contributed by atoms with Gasteiger partial charge in [0.15, 0.2) is 0 Å². The maximum atomic E-state index is 6.28. The molecule has 7 heteroatoms. The summed E-state index contributed by atoms with van der Waals surface area (Å²) in [5.41, 5.74) is 1.18. The van der Waals surface area contributed by atoms with E-state index in [1.54, 1.807) is 11.7 Å². The summed E-state index contributed by atoms with van der Waals surface area (Å²) in [6.07, 6.45) is 1.13. The quantitative estimate of drug-likeness (QED) is 0.830. The number of nitrogens with one attached hydrogen (secondary N) is 1. The van der Waals surface area contributed by atoms with Crippen LogP contribution in [0.5, 0.6) is 0 Å². The van der Waals surface area contributed by atoms with Gasteiger partial charge in [0.25, 0.3) is 0 Å². The fourth-order valence-electron chi connectivity index (χ4n) is 1.55. The maximum absolute atomic E-state index is 6.28. The Morgan fingerprint density at radius 2 is 2.26 bits per heavy atom. The van der Waals surface area contributed by atoms with Gasteiger partial charge in [0.2, 0.25) is 5.16 Å². The molecular formula is C12H16ClN5S. The molecule has 0 aliphatic carbocycles. The Kier molecular flexibility index (Phi) is 5.18. The SMILES string of the molecule is CCCNCc1ccc(Sc2nnnn2C)c(Cl)c1. The summed E-state index contributed by atoms with van der Waals surface area (Å²) in [4.78, 5) is 0.957. The summed E-state index contributed by atoms with van der Waals surface area (Å²) in [6.45, 7) is 4.00. The van der Waals surface area contributed by atoms with E-state index in [2.05, 4.69) is 33.8 Å². The topological polar surface area (TPSA) is 55.6 Å². The van der Waals surface area contributed by atoms with Crippen molar-refractivity contribution in [2.75, 3.05) is 6.54 Å². The lowest BCUT2D eigenvalue weighted by molar-refractivity contribution is 0.664. The number of aromatic nitrogens is 4. The molecule has 0 radical (unpaired) electrons. The number of rotatable bonds is 6. The lowest BCUT2D eigenvalue weighted by Crippen LogP contribution is -2.13. The molecule has 0 bridgehead atoms. The molecule has 0 aliphatic rings. The van der Waals surface area contributed by atoms with Crippen molar-refractivity contribution in [3.05, 3.63) is 28.8 Å². The molecular weight excluding hydrogens is 282 g/mol. The minimum Gasteiger partial charge on any atom is -0.313 e. The summed E-state index contributed by atoms with van der Waals surface area (Å²) in [5.74, 6) is 0. The molecule has 0 spiro atoms. The fourth-order valence-corrected chi connectivity index (χ4v) is 2.61. The number of hydrogen-bond donors (Lipinski definition) is 1. The molecule has 1 N–H and O–H groups in total. The average Bonchev–Trinajstić information content (AvgIpc) is 2.79. The van der Waals surface area contributed by atoms with Crippen molar-refractivity contribution in [2.24, 2.45) is 7.05 Å². The van der Waals surface area contributed by atoms with Crippen LogP contribution in [-0.4, -0.2) is 26.8 Å². The Morgan fingerprint density at radius 3 is 2.89 bits per heavy atom. The van der Waals surface area contributed by atoms with Crippen LogP contribution in [-0.2, 0) is 13.6 Å². The number of tetrazole rings is 1. The van der Waals surface area contributed by atoms with Gasteiger partial charge in [-0.2, -0.15) is 0 Å².